The summed E-state index contributed by atoms with van der Waals surface area (Å²) in [7, 11) is -3.43. The molecule has 0 aliphatic carbocycles. The van der Waals surface area contributed by atoms with Crippen LogP contribution in [0.2, 0.25) is 0 Å². The molecule has 108 valence electrons. The van der Waals surface area contributed by atoms with Crippen LogP contribution in [0.15, 0.2) is 17.3 Å². The Morgan fingerprint density at radius 1 is 1.42 bits per heavy atom. The Morgan fingerprint density at radius 2 is 2.21 bits per heavy atom. The van der Waals surface area contributed by atoms with E-state index in [0.717, 1.165) is 25.7 Å². The van der Waals surface area contributed by atoms with Crippen LogP contribution in [0.4, 0.5) is 0 Å². The minimum absolute atomic E-state index is 0.0591. The summed E-state index contributed by atoms with van der Waals surface area (Å²) in [6.07, 6.45) is 7.03. The van der Waals surface area contributed by atoms with E-state index in [2.05, 4.69) is 5.10 Å². The molecule has 5 nitrogen and oxygen atoms in total. The van der Waals surface area contributed by atoms with E-state index in [-0.39, 0.29) is 10.9 Å². The van der Waals surface area contributed by atoms with Gasteiger partial charge in [-0.05, 0) is 19.8 Å². The molecule has 0 amide bonds. The topological polar surface area (TPSA) is 55.2 Å². The lowest BCUT2D eigenvalue weighted by atomic mass is 10.1. The van der Waals surface area contributed by atoms with Gasteiger partial charge in [0.25, 0.3) is 0 Å². The summed E-state index contributed by atoms with van der Waals surface area (Å²) in [6.45, 7) is 3.10. The van der Waals surface area contributed by atoms with Gasteiger partial charge in [0.1, 0.15) is 4.90 Å². The highest BCUT2D eigenvalue weighted by Gasteiger charge is 2.30. The van der Waals surface area contributed by atoms with Crippen molar-refractivity contribution >= 4 is 21.6 Å². The second-order valence-electron chi connectivity index (χ2n) is 4.94. The number of aromatic nitrogens is 2. The van der Waals surface area contributed by atoms with Gasteiger partial charge in [-0.3, -0.25) is 4.68 Å². The van der Waals surface area contributed by atoms with Gasteiger partial charge < -0.3 is 0 Å². The quantitative estimate of drug-likeness (QED) is 0.800. The summed E-state index contributed by atoms with van der Waals surface area (Å²) in [5.74, 6) is 0.418. The Morgan fingerprint density at radius 3 is 2.95 bits per heavy atom. The lowest BCUT2D eigenvalue weighted by Crippen LogP contribution is -2.38. The third-order valence-corrected chi connectivity index (χ3v) is 5.66. The molecule has 1 aromatic rings. The van der Waals surface area contributed by atoms with Gasteiger partial charge in [0, 0.05) is 24.7 Å². The highest BCUT2D eigenvalue weighted by atomic mass is 35.5. The number of hydrogen-bond acceptors (Lipinski definition) is 3. The van der Waals surface area contributed by atoms with Crippen molar-refractivity contribution in [2.24, 2.45) is 0 Å². The molecule has 1 aliphatic rings. The molecule has 2 rings (SSSR count). The molecule has 1 aromatic heterocycles. The van der Waals surface area contributed by atoms with Gasteiger partial charge in [0.2, 0.25) is 10.0 Å². The van der Waals surface area contributed by atoms with Gasteiger partial charge in [0.15, 0.2) is 0 Å². The Labute approximate surface area is 119 Å². The summed E-state index contributed by atoms with van der Waals surface area (Å²) in [4.78, 5) is 0.270. The maximum atomic E-state index is 12.6. The molecule has 1 aliphatic heterocycles. The van der Waals surface area contributed by atoms with Crippen molar-refractivity contribution in [1.29, 1.82) is 0 Å². The van der Waals surface area contributed by atoms with Crippen LogP contribution in [-0.2, 0) is 16.6 Å². The van der Waals surface area contributed by atoms with Crippen LogP contribution in [-0.4, -0.2) is 41.0 Å². The van der Waals surface area contributed by atoms with Crippen molar-refractivity contribution in [3.63, 3.8) is 0 Å². The second kappa shape index (κ2) is 6.24. The molecule has 0 N–H and O–H groups in total. The number of rotatable bonds is 4. The third kappa shape index (κ3) is 3.30. The Hall–Kier alpha value is -0.590. The van der Waals surface area contributed by atoms with Gasteiger partial charge in [0.05, 0.1) is 12.7 Å². The Balaban J connectivity index is 2.24. The predicted octanol–water partition coefficient (Wildman–Crippen LogP) is 2.08. The first kappa shape index (κ1) is 14.8. The van der Waals surface area contributed by atoms with Gasteiger partial charge in [-0.25, -0.2) is 8.42 Å². The summed E-state index contributed by atoms with van der Waals surface area (Å²) < 4.78 is 28.4. The number of sulfonamides is 1. The van der Waals surface area contributed by atoms with E-state index in [1.807, 2.05) is 6.92 Å². The van der Waals surface area contributed by atoms with Crippen molar-refractivity contribution in [3.05, 3.63) is 12.4 Å². The van der Waals surface area contributed by atoms with Gasteiger partial charge >= 0.3 is 0 Å². The minimum atomic E-state index is -3.43. The van der Waals surface area contributed by atoms with Crippen molar-refractivity contribution in [3.8, 4) is 0 Å². The molecule has 2 heterocycles. The Bertz CT molecular complexity index is 515. The van der Waals surface area contributed by atoms with Crippen LogP contribution in [0.25, 0.3) is 0 Å². The Kier molecular flexibility index (Phi) is 4.86. The van der Waals surface area contributed by atoms with Gasteiger partial charge in [-0.2, -0.15) is 9.40 Å². The van der Waals surface area contributed by atoms with Crippen molar-refractivity contribution in [2.45, 2.75) is 50.1 Å². The third-order valence-electron chi connectivity index (χ3n) is 3.52. The summed E-state index contributed by atoms with van der Waals surface area (Å²) >= 11 is 5.63. The average molecular weight is 306 g/mol. The fourth-order valence-electron chi connectivity index (χ4n) is 2.43. The maximum absolute atomic E-state index is 12.6. The van der Waals surface area contributed by atoms with Crippen molar-refractivity contribution < 1.29 is 8.42 Å². The van der Waals surface area contributed by atoms with E-state index >= 15 is 0 Å². The number of aryl methyl sites for hydroxylation is 1. The molecular weight excluding hydrogens is 286 g/mol. The summed E-state index contributed by atoms with van der Waals surface area (Å²) in [5, 5.41) is 4.04. The van der Waals surface area contributed by atoms with Crippen LogP contribution in [0.3, 0.4) is 0 Å². The van der Waals surface area contributed by atoms with Crippen LogP contribution < -0.4 is 0 Å². The SMILES string of the molecule is CC1CCCCCN1S(=O)(=O)c1cnn(CCCl)c1. The molecule has 1 unspecified atom stereocenters. The first-order valence-electron chi connectivity index (χ1n) is 6.66. The number of alkyl halides is 1. The van der Waals surface area contributed by atoms with E-state index in [1.54, 1.807) is 15.2 Å². The van der Waals surface area contributed by atoms with E-state index in [9.17, 15) is 8.42 Å². The van der Waals surface area contributed by atoms with Gasteiger partial charge in [-0.1, -0.05) is 12.8 Å². The standard InChI is InChI=1S/C12H20ClN3O2S/c1-11-5-3-2-4-7-16(11)19(17,18)12-9-14-15(10-12)8-6-13/h9-11H,2-8H2,1H3. The molecule has 0 bridgehead atoms. The lowest BCUT2D eigenvalue weighted by Gasteiger charge is -2.25. The molecule has 1 atom stereocenters. The first-order chi connectivity index (χ1) is 9.05. The van der Waals surface area contributed by atoms with Gasteiger partial charge in [-0.15, -0.1) is 11.6 Å². The van der Waals surface area contributed by atoms with Crippen LogP contribution in [0, 0.1) is 0 Å². The largest absolute Gasteiger partial charge is 0.270 e. The molecular formula is C12H20ClN3O2S. The minimum Gasteiger partial charge on any atom is -0.270 e. The molecule has 7 heteroatoms. The van der Waals surface area contributed by atoms with Crippen molar-refractivity contribution in [2.75, 3.05) is 12.4 Å². The monoisotopic (exact) mass is 305 g/mol. The molecule has 0 saturated carbocycles. The molecule has 1 fully saturated rings. The predicted molar refractivity (Wildman–Crippen MR) is 74.8 cm³/mol. The maximum Gasteiger partial charge on any atom is 0.246 e. The van der Waals surface area contributed by atoms with E-state index in [0.29, 0.717) is 19.0 Å². The normalized spacial score (nSPS) is 22.3. The molecule has 0 spiro atoms. The first-order valence-corrected chi connectivity index (χ1v) is 8.63. The zero-order chi connectivity index (χ0) is 13.9. The zero-order valence-corrected chi connectivity index (χ0v) is 12.7. The van der Waals surface area contributed by atoms with E-state index in [4.69, 9.17) is 11.6 Å². The second-order valence-corrected chi connectivity index (χ2v) is 7.21. The summed E-state index contributed by atoms with van der Waals surface area (Å²) in [6, 6.07) is 0.0591. The smallest absolute Gasteiger partial charge is 0.246 e. The van der Waals surface area contributed by atoms with Crippen LogP contribution >= 0.6 is 11.6 Å². The van der Waals surface area contributed by atoms with Crippen LogP contribution in [0.1, 0.15) is 32.6 Å². The van der Waals surface area contributed by atoms with E-state index < -0.39 is 10.0 Å². The number of halogens is 1. The number of hydrogen-bond donors (Lipinski definition) is 0. The summed E-state index contributed by atoms with van der Waals surface area (Å²) in [5.41, 5.74) is 0. The van der Waals surface area contributed by atoms with E-state index in [1.165, 1.54) is 6.20 Å². The molecule has 1 saturated heterocycles. The van der Waals surface area contributed by atoms with Crippen molar-refractivity contribution in [1.82, 2.24) is 14.1 Å². The average Bonchev–Trinajstić information content (AvgIpc) is 2.72. The fraction of sp³-hybridized carbons (Fsp3) is 0.750. The lowest BCUT2D eigenvalue weighted by molar-refractivity contribution is 0.342. The van der Waals surface area contributed by atoms with Crippen LogP contribution in [0.5, 0.6) is 0 Å². The number of nitrogens with zero attached hydrogens (tertiary/aromatic N) is 3. The molecule has 0 aromatic carbocycles. The highest BCUT2D eigenvalue weighted by Crippen LogP contribution is 2.24. The molecule has 0 radical (unpaired) electrons. The fourth-order valence-corrected chi connectivity index (χ4v) is 4.26. The zero-order valence-electron chi connectivity index (χ0n) is 11.1. The molecule has 19 heavy (non-hydrogen) atoms. The highest BCUT2D eigenvalue weighted by molar-refractivity contribution is 7.89.